The molecule has 1 saturated carbocycles. The van der Waals surface area contributed by atoms with Gasteiger partial charge in [-0.25, -0.2) is 4.79 Å². The molecule has 4 nitrogen and oxygen atoms in total. The molecule has 0 N–H and O–H groups in total. The number of fused-ring (bicyclic) bond motifs is 2. The smallest absolute Gasteiger partial charge is 0.351 e. The Labute approximate surface area is 132 Å². The molecule has 0 spiro atoms. The van der Waals surface area contributed by atoms with E-state index in [0.717, 1.165) is 32.1 Å². The summed E-state index contributed by atoms with van der Waals surface area (Å²) in [5, 5.41) is 0. The van der Waals surface area contributed by atoms with Gasteiger partial charge < -0.3 is 9.47 Å². The lowest BCUT2D eigenvalue weighted by Gasteiger charge is -2.35. The van der Waals surface area contributed by atoms with E-state index >= 15 is 0 Å². The van der Waals surface area contributed by atoms with Gasteiger partial charge in [0, 0.05) is 5.41 Å². The molecule has 122 valence electrons. The van der Waals surface area contributed by atoms with Gasteiger partial charge in [0.15, 0.2) is 0 Å². The standard InChI is InChI=1S/C18H26O4/c1-16(2)17(3)11-12-18(16,22-14(17)19)15(20)21-13-9-7-5-4-6-8-10-13/h4-5,13H,6-12H2,1-3H3/b5-4-/t13?,17-,18+/m1/s1. The van der Waals surface area contributed by atoms with Crippen molar-refractivity contribution in [3.05, 3.63) is 12.2 Å². The van der Waals surface area contributed by atoms with Crippen LogP contribution in [0, 0.1) is 10.8 Å². The fourth-order valence-electron chi connectivity index (χ4n) is 4.19. The zero-order valence-electron chi connectivity index (χ0n) is 13.8. The third kappa shape index (κ3) is 1.95. The summed E-state index contributed by atoms with van der Waals surface area (Å²) in [5.74, 6) is -0.581. The van der Waals surface area contributed by atoms with Gasteiger partial charge in [-0.3, -0.25) is 4.79 Å². The zero-order chi connectivity index (χ0) is 16.0. The van der Waals surface area contributed by atoms with Crippen molar-refractivity contribution in [1.29, 1.82) is 0 Å². The number of esters is 2. The topological polar surface area (TPSA) is 52.6 Å². The van der Waals surface area contributed by atoms with Crippen LogP contribution in [0.3, 0.4) is 0 Å². The maximum absolute atomic E-state index is 12.9. The average Bonchev–Trinajstić information content (AvgIpc) is 2.72. The molecule has 2 aliphatic carbocycles. The summed E-state index contributed by atoms with van der Waals surface area (Å²) in [6.45, 7) is 5.85. The van der Waals surface area contributed by atoms with Crippen LogP contribution in [-0.2, 0) is 19.1 Å². The Morgan fingerprint density at radius 2 is 1.91 bits per heavy atom. The van der Waals surface area contributed by atoms with Crippen LogP contribution in [0.2, 0.25) is 0 Å². The minimum Gasteiger partial charge on any atom is -0.459 e. The molecule has 2 fully saturated rings. The third-order valence-corrected chi connectivity index (χ3v) is 6.41. The van der Waals surface area contributed by atoms with Crippen LogP contribution in [0.15, 0.2) is 12.2 Å². The van der Waals surface area contributed by atoms with Crippen molar-refractivity contribution in [2.24, 2.45) is 10.8 Å². The Hall–Kier alpha value is -1.32. The summed E-state index contributed by atoms with van der Waals surface area (Å²) in [4.78, 5) is 25.1. The van der Waals surface area contributed by atoms with E-state index in [2.05, 4.69) is 12.2 Å². The van der Waals surface area contributed by atoms with Crippen molar-refractivity contribution in [2.45, 2.75) is 77.4 Å². The second-order valence-electron chi connectivity index (χ2n) is 7.68. The van der Waals surface area contributed by atoms with Gasteiger partial charge in [-0.1, -0.05) is 26.0 Å². The summed E-state index contributed by atoms with van der Waals surface area (Å²) in [7, 11) is 0. The Balaban J connectivity index is 1.77. The number of ether oxygens (including phenoxy) is 2. The largest absolute Gasteiger partial charge is 0.459 e. The van der Waals surface area contributed by atoms with E-state index in [1.165, 1.54) is 0 Å². The first-order chi connectivity index (χ1) is 10.3. The summed E-state index contributed by atoms with van der Waals surface area (Å²) in [6, 6.07) is 0. The monoisotopic (exact) mass is 306 g/mol. The second-order valence-corrected chi connectivity index (χ2v) is 7.68. The molecular weight excluding hydrogens is 280 g/mol. The quantitative estimate of drug-likeness (QED) is 0.578. The molecule has 0 aromatic carbocycles. The molecule has 3 atom stereocenters. The Morgan fingerprint density at radius 1 is 1.18 bits per heavy atom. The number of allylic oxidation sites excluding steroid dienone is 2. The van der Waals surface area contributed by atoms with Gasteiger partial charge in [0.1, 0.15) is 6.10 Å². The van der Waals surface area contributed by atoms with Crippen LogP contribution in [-0.4, -0.2) is 23.6 Å². The molecule has 1 aliphatic heterocycles. The molecule has 3 rings (SSSR count). The van der Waals surface area contributed by atoms with Crippen molar-refractivity contribution in [3.8, 4) is 0 Å². The van der Waals surface area contributed by atoms with E-state index in [4.69, 9.17) is 9.47 Å². The summed E-state index contributed by atoms with van der Waals surface area (Å²) in [6.07, 6.45) is 10.3. The van der Waals surface area contributed by atoms with E-state index in [-0.39, 0.29) is 18.0 Å². The maximum Gasteiger partial charge on any atom is 0.351 e. The average molecular weight is 306 g/mol. The van der Waals surface area contributed by atoms with Crippen molar-refractivity contribution in [2.75, 3.05) is 0 Å². The Bertz CT molecular complexity index is 521. The molecule has 1 heterocycles. The lowest BCUT2D eigenvalue weighted by Crippen LogP contribution is -2.49. The van der Waals surface area contributed by atoms with Crippen molar-refractivity contribution >= 4 is 11.9 Å². The van der Waals surface area contributed by atoms with Crippen LogP contribution in [0.25, 0.3) is 0 Å². The molecule has 22 heavy (non-hydrogen) atoms. The van der Waals surface area contributed by atoms with E-state index in [1.54, 1.807) is 0 Å². The predicted molar refractivity (Wildman–Crippen MR) is 82.1 cm³/mol. The summed E-state index contributed by atoms with van der Waals surface area (Å²) < 4.78 is 11.4. The molecule has 0 aromatic rings. The van der Waals surface area contributed by atoms with Crippen molar-refractivity contribution < 1.29 is 19.1 Å². The second kappa shape index (κ2) is 5.10. The lowest BCUT2D eigenvalue weighted by molar-refractivity contribution is -0.187. The van der Waals surface area contributed by atoms with Gasteiger partial charge in [0.25, 0.3) is 0 Å². The highest BCUT2D eigenvalue weighted by molar-refractivity contribution is 5.93. The number of hydrogen-bond acceptors (Lipinski definition) is 4. The molecule has 3 aliphatic rings. The number of rotatable bonds is 2. The van der Waals surface area contributed by atoms with Crippen molar-refractivity contribution in [3.63, 3.8) is 0 Å². The molecule has 0 amide bonds. The van der Waals surface area contributed by atoms with Crippen LogP contribution in [0.4, 0.5) is 0 Å². The van der Waals surface area contributed by atoms with E-state index in [1.807, 2.05) is 20.8 Å². The Morgan fingerprint density at radius 3 is 2.55 bits per heavy atom. The molecule has 4 heteroatoms. The first kappa shape index (κ1) is 15.6. The summed E-state index contributed by atoms with van der Waals surface area (Å²) >= 11 is 0. The van der Waals surface area contributed by atoms with Crippen LogP contribution in [0.1, 0.15) is 65.7 Å². The van der Waals surface area contributed by atoms with Crippen molar-refractivity contribution in [1.82, 2.24) is 0 Å². The van der Waals surface area contributed by atoms with E-state index < -0.39 is 16.4 Å². The lowest BCUT2D eigenvalue weighted by atomic mass is 9.66. The van der Waals surface area contributed by atoms with E-state index in [0.29, 0.717) is 12.8 Å². The van der Waals surface area contributed by atoms with Crippen LogP contribution >= 0.6 is 0 Å². The molecule has 2 bridgehead atoms. The fraction of sp³-hybridized carbons (Fsp3) is 0.778. The normalized spacial score (nSPS) is 41.4. The van der Waals surface area contributed by atoms with Gasteiger partial charge in [-0.05, 0) is 51.9 Å². The molecule has 1 unspecified atom stereocenters. The zero-order valence-corrected chi connectivity index (χ0v) is 13.8. The predicted octanol–water partition coefficient (Wildman–Crippen LogP) is 3.54. The first-order valence-electron chi connectivity index (χ1n) is 8.43. The molecule has 0 aromatic heterocycles. The minimum absolute atomic E-state index is 0.0613. The van der Waals surface area contributed by atoms with Gasteiger partial charge >= 0.3 is 11.9 Å². The molecule has 0 radical (unpaired) electrons. The molecular formula is C18H26O4. The number of carbonyl (C=O) groups excluding carboxylic acids is 2. The highest BCUT2D eigenvalue weighted by Crippen LogP contribution is 2.65. The first-order valence-corrected chi connectivity index (χ1v) is 8.43. The maximum atomic E-state index is 12.9. The number of hydrogen-bond donors (Lipinski definition) is 0. The fourth-order valence-corrected chi connectivity index (χ4v) is 4.19. The minimum atomic E-state index is -1.09. The Kier molecular flexibility index (Phi) is 3.61. The summed E-state index contributed by atoms with van der Waals surface area (Å²) in [5.41, 5.74) is -2.18. The van der Waals surface area contributed by atoms with Crippen LogP contribution < -0.4 is 0 Å². The van der Waals surface area contributed by atoms with Gasteiger partial charge in [-0.2, -0.15) is 0 Å². The SMILES string of the molecule is CC1(C)[C@@]2(C(=O)OC3CC/C=C\CCC3)CC[C@]1(C)C(=O)O2. The van der Waals surface area contributed by atoms with Gasteiger partial charge in [-0.15, -0.1) is 0 Å². The van der Waals surface area contributed by atoms with Gasteiger partial charge in [0.2, 0.25) is 5.60 Å². The third-order valence-electron chi connectivity index (χ3n) is 6.41. The van der Waals surface area contributed by atoms with Crippen LogP contribution in [0.5, 0.6) is 0 Å². The molecule has 1 saturated heterocycles. The van der Waals surface area contributed by atoms with E-state index in [9.17, 15) is 9.59 Å². The van der Waals surface area contributed by atoms with Gasteiger partial charge in [0.05, 0.1) is 5.41 Å². The highest BCUT2D eigenvalue weighted by Gasteiger charge is 2.76. The number of carbonyl (C=O) groups is 2. The highest BCUT2D eigenvalue weighted by atomic mass is 16.6.